The van der Waals surface area contributed by atoms with Gasteiger partial charge in [-0.3, -0.25) is 0 Å². The number of hydrogen-bond acceptors (Lipinski definition) is 7. The molecule has 1 N–H and O–H groups in total. The second-order valence-electron chi connectivity index (χ2n) is 7.72. The van der Waals surface area contributed by atoms with Crippen LogP contribution in [0.3, 0.4) is 0 Å². The minimum atomic E-state index is -0.424. The van der Waals surface area contributed by atoms with E-state index in [-0.39, 0.29) is 12.1 Å². The van der Waals surface area contributed by atoms with Crippen LogP contribution < -0.4 is 15.0 Å². The number of carbonyl (C=O) groups is 1. The number of carbonyl (C=O) groups excluding carboxylic acids is 1. The Kier molecular flexibility index (Phi) is 6.49. The van der Waals surface area contributed by atoms with Gasteiger partial charge in [-0.2, -0.15) is 15.0 Å². The number of cyclic esters (lactones) is 1. The number of aryl methyl sites for hydroxylation is 1. The summed E-state index contributed by atoms with van der Waals surface area (Å²) in [6.07, 6.45) is 0.335. The fourth-order valence-corrected chi connectivity index (χ4v) is 3.52. The summed E-state index contributed by atoms with van der Waals surface area (Å²) < 4.78 is 11.0. The van der Waals surface area contributed by atoms with Crippen molar-refractivity contribution in [1.82, 2.24) is 15.0 Å². The molecule has 1 aliphatic rings. The van der Waals surface area contributed by atoms with Crippen LogP contribution in [0.2, 0.25) is 0 Å². The smallest absolute Gasteiger partial charge is 0.417 e. The predicted octanol–water partition coefficient (Wildman–Crippen LogP) is 4.67. The molecule has 3 aromatic rings. The average molecular weight is 434 g/mol. The summed E-state index contributed by atoms with van der Waals surface area (Å²) in [5.74, 6) is 2.07. The van der Waals surface area contributed by atoms with Crippen molar-refractivity contribution in [3.8, 4) is 5.75 Å². The third-order valence-electron chi connectivity index (χ3n) is 5.36. The molecule has 0 saturated carbocycles. The second-order valence-corrected chi connectivity index (χ2v) is 7.72. The lowest BCUT2D eigenvalue weighted by atomic mass is 10.1. The molecule has 8 heteroatoms. The number of benzene rings is 2. The molecular weight excluding hydrogens is 406 g/mol. The van der Waals surface area contributed by atoms with Crippen molar-refractivity contribution in [1.29, 1.82) is 0 Å². The molecule has 1 fully saturated rings. The van der Waals surface area contributed by atoms with Gasteiger partial charge in [-0.1, -0.05) is 49.4 Å². The highest BCUT2D eigenvalue weighted by molar-refractivity contribution is 5.88. The van der Waals surface area contributed by atoms with Crippen LogP contribution in [0.4, 0.5) is 16.7 Å². The summed E-state index contributed by atoms with van der Waals surface area (Å²) in [6, 6.07) is 17.9. The van der Waals surface area contributed by atoms with Gasteiger partial charge in [0.15, 0.2) is 0 Å². The number of anilines is 2. The maximum Gasteiger partial charge on any atom is 0.417 e. The number of rotatable bonds is 8. The fourth-order valence-electron chi connectivity index (χ4n) is 3.52. The Labute approximate surface area is 187 Å². The number of hydrogen-bond donors (Lipinski definition) is 1. The number of nitrogens with one attached hydrogen (secondary N) is 1. The molecule has 0 radical (unpaired) electrons. The number of amides is 1. The van der Waals surface area contributed by atoms with Crippen molar-refractivity contribution in [3.05, 3.63) is 71.5 Å². The Morgan fingerprint density at radius 3 is 2.59 bits per heavy atom. The molecule has 1 unspecified atom stereocenters. The SMILES string of the molecule is CCC1COC(=O)N1c1nc(C)nc(N[C@H](C)c2ccc(OCc3ccccc3)cc2)n1. The van der Waals surface area contributed by atoms with E-state index in [9.17, 15) is 4.79 Å². The Hall–Kier alpha value is -3.68. The van der Waals surface area contributed by atoms with E-state index >= 15 is 0 Å². The Bertz CT molecular complexity index is 1060. The minimum absolute atomic E-state index is 0.0553. The van der Waals surface area contributed by atoms with E-state index in [4.69, 9.17) is 9.47 Å². The van der Waals surface area contributed by atoms with Gasteiger partial charge in [0.25, 0.3) is 0 Å². The Balaban J connectivity index is 1.43. The zero-order chi connectivity index (χ0) is 22.5. The van der Waals surface area contributed by atoms with Crippen molar-refractivity contribution in [2.24, 2.45) is 0 Å². The van der Waals surface area contributed by atoms with Crippen molar-refractivity contribution in [3.63, 3.8) is 0 Å². The molecule has 166 valence electrons. The molecule has 1 aliphatic heterocycles. The van der Waals surface area contributed by atoms with Crippen molar-refractivity contribution in [2.75, 3.05) is 16.8 Å². The maximum atomic E-state index is 12.2. The van der Waals surface area contributed by atoms with Crippen LogP contribution in [-0.2, 0) is 11.3 Å². The van der Waals surface area contributed by atoms with E-state index in [1.54, 1.807) is 6.92 Å². The molecule has 32 heavy (non-hydrogen) atoms. The zero-order valence-corrected chi connectivity index (χ0v) is 18.5. The summed E-state index contributed by atoms with van der Waals surface area (Å²) in [5, 5.41) is 3.31. The summed E-state index contributed by atoms with van der Waals surface area (Å²) in [4.78, 5) is 26.9. The number of nitrogens with zero attached hydrogens (tertiary/aromatic N) is 4. The molecular formula is C24H27N5O3. The molecule has 1 amide bonds. The van der Waals surface area contributed by atoms with Gasteiger partial charge in [-0.15, -0.1) is 0 Å². The van der Waals surface area contributed by atoms with Gasteiger partial charge in [0.1, 0.15) is 24.8 Å². The Morgan fingerprint density at radius 2 is 1.88 bits per heavy atom. The minimum Gasteiger partial charge on any atom is -0.489 e. The normalized spacial score (nSPS) is 16.5. The molecule has 2 atom stereocenters. The molecule has 0 spiro atoms. The third kappa shape index (κ3) is 4.96. The molecule has 2 aromatic carbocycles. The van der Waals surface area contributed by atoms with Crippen LogP contribution in [-0.4, -0.2) is 33.7 Å². The summed E-state index contributed by atoms with van der Waals surface area (Å²) in [7, 11) is 0. The lowest BCUT2D eigenvalue weighted by molar-refractivity contribution is 0.178. The van der Waals surface area contributed by atoms with E-state index in [0.717, 1.165) is 23.3 Å². The van der Waals surface area contributed by atoms with E-state index in [2.05, 4.69) is 20.3 Å². The second kappa shape index (κ2) is 9.64. The first-order chi connectivity index (χ1) is 15.5. The van der Waals surface area contributed by atoms with Gasteiger partial charge in [-0.25, -0.2) is 9.69 Å². The number of ether oxygens (including phenoxy) is 2. The van der Waals surface area contributed by atoms with Gasteiger partial charge in [0.05, 0.1) is 12.1 Å². The molecule has 8 nitrogen and oxygen atoms in total. The quantitative estimate of drug-likeness (QED) is 0.552. The van der Waals surface area contributed by atoms with Gasteiger partial charge in [-0.05, 0) is 43.5 Å². The summed E-state index contributed by atoms with van der Waals surface area (Å²) >= 11 is 0. The van der Waals surface area contributed by atoms with Gasteiger partial charge >= 0.3 is 6.09 Å². The third-order valence-corrected chi connectivity index (χ3v) is 5.36. The van der Waals surface area contributed by atoms with Crippen LogP contribution in [0.25, 0.3) is 0 Å². The van der Waals surface area contributed by atoms with Gasteiger partial charge in [0, 0.05) is 0 Å². The van der Waals surface area contributed by atoms with Gasteiger partial charge < -0.3 is 14.8 Å². The highest BCUT2D eigenvalue weighted by Gasteiger charge is 2.35. The molecule has 1 aromatic heterocycles. The molecule has 2 heterocycles. The average Bonchev–Trinajstić information content (AvgIpc) is 3.19. The van der Waals surface area contributed by atoms with Crippen LogP contribution in [0.1, 0.15) is 43.3 Å². The van der Waals surface area contributed by atoms with Crippen molar-refractivity contribution >= 4 is 18.0 Å². The van der Waals surface area contributed by atoms with Crippen LogP contribution >= 0.6 is 0 Å². The standard InChI is InChI=1S/C24H27N5O3/c1-4-20-15-32-24(30)29(20)23-27-17(3)26-22(28-23)25-16(2)19-10-12-21(13-11-19)31-14-18-8-6-5-7-9-18/h5-13,16,20H,4,14-15H2,1-3H3,(H,25,26,27,28)/t16-,20?/m1/s1. The van der Waals surface area contributed by atoms with Crippen LogP contribution in [0.15, 0.2) is 54.6 Å². The van der Waals surface area contributed by atoms with Crippen molar-refractivity contribution < 1.29 is 14.3 Å². The summed E-state index contributed by atoms with van der Waals surface area (Å²) in [5.41, 5.74) is 2.18. The van der Waals surface area contributed by atoms with Crippen molar-refractivity contribution in [2.45, 2.75) is 45.9 Å². The largest absolute Gasteiger partial charge is 0.489 e. The topological polar surface area (TPSA) is 89.5 Å². The number of aromatic nitrogens is 3. The first-order valence-electron chi connectivity index (χ1n) is 10.8. The molecule has 0 bridgehead atoms. The van der Waals surface area contributed by atoms with Crippen LogP contribution in [0.5, 0.6) is 5.75 Å². The fraction of sp³-hybridized carbons (Fsp3) is 0.333. The van der Waals surface area contributed by atoms with E-state index in [0.29, 0.717) is 30.9 Å². The monoisotopic (exact) mass is 433 g/mol. The highest BCUT2D eigenvalue weighted by atomic mass is 16.6. The zero-order valence-electron chi connectivity index (χ0n) is 18.5. The van der Waals surface area contributed by atoms with E-state index < -0.39 is 6.09 Å². The lowest BCUT2D eigenvalue weighted by Gasteiger charge is -2.20. The molecule has 4 rings (SSSR count). The first kappa shape index (κ1) is 21.5. The predicted molar refractivity (Wildman–Crippen MR) is 122 cm³/mol. The van der Waals surface area contributed by atoms with E-state index in [1.165, 1.54) is 4.90 Å². The summed E-state index contributed by atoms with van der Waals surface area (Å²) in [6.45, 7) is 6.68. The molecule has 0 aliphatic carbocycles. The maximum absolute atomic E-state index is 12.2. The first-order valence-corrected chi connectivity index (χ1v) is 10.8. The molecule has 1 saturated heterocycles. The Morgan fingerprint density at radius 1 is 1.12 bits per heavy atom. The highest BCUT2D eigenvalue weighted by Crippen LogP contribution is 2.24. The van der Waals surface area contributed by atoms with Crippen LogP contribution in [0, 0.1) is 6.92 Å². The van der Waals surface area contributed by atoms with E-state index in [1.807, 2.05) is 68.4 Å². The van der Waals surface area contributed by atoms with Gasteiger partial charge in [0.2, 0.25) is 11.9 Å². The lowest BCUT2D eigenvalue weighted by Crippen LogP contribution is -2.34.